The molecular weight excluding hydrogens is 294 g/mol. The number of aromatic nitrogens is 1. The largest absolute Gasteiger partial charge is 0.395 e. The third kappa shape index (κ3) is 4.05. The molecule has 0 aliphatic rings. The molecule has 2 atom stereocenters. The van der Waals surface area contributed by atoms with Crippen LogP contribution in [0, 0.1) is 10.1 Å². The van der Waals surface area contributed by atoms with Crippen molar-refractivity contribution in [2.24, 2.45) is 0 Å². The molecule has 7 nitrogen and oxygen atoms in total. The molecule has 0 aliphatic carbocycles. The van der Waals surface area contributed by atoms with Gasteiger partial charge in [-0.2, -0.15) is 0 Å². The molecule has 2 aromatic rings. The Bertz CT molecular complexity index is 574. The minimum Gasteiger partial charge on any atom is -0.395 e. The Morgan fingerprint density at radius 1 is 1.38 bits per heavy atom. The van der Waals surface area contributed by atoms with Crippen LogP contribution in [0.3, 0.4) is 0 Å². The first-order valence-electron chi connectivity index (χ1n) is 6.26. The predicted molar refractivity (Wildman–Crippen MR) is 77.9 cm³/mol. The zero-order valence-electron chi connectivity index (χ0n) is 11.0. The second-order valence-electron chi connectivity index (χ2n) is 4.43. The highest BCUT2D eigenvalue weighted by atomic mass is 32.1. The van der Waals surface area contributed by atoms with E-state index in [0.717, 1.165) is 4.88 Å². The van der Waals surface area contributed by atoms with Gasteiger partial charge in [-0.15, -0.1) is 11.3 Å². The van der Waals surface area contributed by atoms with Crippen LogP contribution in [0.5, 0.6) is 0 Å². The van der Waals surface area contributed by atoms with Crippen LogP contribution >= 0.6 is 11.3 Å². The molecule has 0 saturated heterocycles. The van der Waals surface area contributed by atoms with Crippen molar-refractivity contribution < 1.29 is 15.1 Å². The van der Waals surface area contributed by atoms with E-state index in [1.807, 2.05) is 0 Å². The molecule has 8 heteroatoms. The van der Waals surface area contributed by atoms with E-state index in [1.54, 1.807) is 11.7 Å². The van der Waals surface area contributed by atoms with Gasteiger partial charge >= 0.3 is 0 Å². The van der Waals surface area contributed by atoms with Gasteiger partial charge in [0.25, 0.3) is 5.69 Å². The van der Waals surface area contributed by atoms with E-state index < -0.39 is 17.1 Å². The maximum absolute atomic E-state index is 10.6. The first kappa shape index (κ1) is 15.5. The second kappa shape index (κ2) is 7.23. The number of thiazole rings is 1. The molecule has 3 N–H and O–H groups in total. The van der Waals surface area contributed by atoms with E-state index in [2.05, 4.69) is 10.3 Å². The maximum Gasteiger partial charge on any atom is 0.269 e. The molecule has 2 rings (SSSR count). The molecule has 0 bridgehead atoms. The molecule has 0 spiro atoms. The summed E-state index contributed by atoms with van der Waals surface area (Å²) in [5.74, 6) is 0. The van der Waals surface area contributed by atoms with E-state index >= 15 is 0 Å². The summed E-state index contributed by atoms with van der Waals surface area (Å²) in [7, 11) is 0. The molecule has 0 saturated carbocycles. The number of hydrogen-bond donors (Lipinski definition) is 3. The highest BCUT2D eigenvalue weighted by Crippen LogP contribution is 2.20. The van der Waals surface area contributed by atoms with Crippen molar-refractivity contribution in [3.63, 3.8) is 0 Å². The summed E-state index contributed by atoms with van der Waals surface area (Å²) in [5.41, 5.74) is 2.18. The Balaban J connectivity index is 2.01. The first-order valence-corrected chi connectivity index (χ1v) is 7.14. The number of nitro groups is 1. The van der Waals surface area contributed by atoms with E-state index in [9.17, 15) is 20.3 Å². The average molecular weight is 309 g/mol. The first-order chi connectivity index (χ1) is 10.1. The van der Waals surface area contributed by atoms with Crippen LogP contribution in [0.25, 0.3) is 0 Å². The summed E-state index contributed by atoms with van der Waals surface area (Å²) in [6.07, 6.45) is 0.758. The Morgan fingerprint density at radius 3 is 2.62 bits per heavy atom. The van der Waals surface area contributed by atoms with Crippen molar-refractivity contribution in [1.82, 2.24) is 10.3 Å². The summed E-state index contributed by atoms with van der Waals surface area (Å²) >= 11 is 1.48. The van der Waals surface area contributed by atoms with Gasteiger partial charge in [0.2, 0.25) is 0 Å². The van der Waals surface area contributed by atoms with Crippen LogP contribution in [0.2, 0.25) is 0 Å². The van der Waals surface area contributed by atoms with E-state index in [1.165, 1.54) is 35.6 Å². The second-order valence-corrected chi connectivity index (χ2v) is 5.40. The molecule has 21 heavy (non-hydrogen) atoms. The highest BCUT2D eigenvalue weighted by Gasteiger charge is 2.20. The SMILES string of the molecule is O=[N+]([O-])c1ccc(C(O)C(CO)NCc2cncs2)cc1. The lowest BCUT2D eigenvalue weighted by Gasteiger charge is -2.22. The van der Waals surface area contributed by atoms with Gasteiger partial charge in [-0.25, -0.2) is 0 Å². The quantitative estimate of drug-likeness (QED) is 0.524. The van der Waals surface area contributed by atoms with Crippen molar-refractivity contribution in [2.75, 3.05) is 6.61 Å². The lowest BCUT2D eigenvalue weighted by Crippen LogP contribution is -2.37. The number of rotatable bonds is 7. The van der Waals surface area contributed by atoms with Crippen LogP contribution < -0.4 is 5.32 Å². The standard InChI is InChI=1S/C13H15N3O4S/c17-7-12(15-6-11-5-14-8-21-11)13(18)9-1-3-10(4-2-9)16(19)20/h1-5,8,12-13,15,17-18H,6-7H2. The number of nitrogens with zero attached hydrogens (tertiary/aromatic N) is 2. The third-order valence-corrected chi connectivity index (χ3v) is 3.82. The molecule has 0 fully saturated rings. The average Bonchev–Trinajstić information content (AvgIpc) is 3.01. The molecule has 0 amide bonds. The smallest absolute Gasteiger partial charge is 0.269 e. The monoisotopic (exact) mass is 309 g/mol. The highest BCUT2D eigenvalue weighted by molar-refractivity contribution is 7.09. The summed E-state index contributed by atoms with van der Waals surface area (Å²) in [5, 5.41) is 33.3. The number of nitrogens with one attached hydrogen (secondary N) is 1. The molecule has 1 aromatic carbocycles. The van der Waals surface area contributed by atoms with Gasteiger partial charge in [0.15, 0.2) is 0 Å². The minimum absolute atomic E-state index is 0.0379. The lowest BCUT2D eigenvalue weighted by atomic mass is 10.0. The van der Waals surface area contributed by atoms with Crippen molar-refractivity contribution in [3.8, 4) is 0 Å². The third-order valence-electron chi connectivity index (χ3n) is 3.05. The van der Waals surface area contributed by atoms with Gasteiger partial charge in [-0.05, 0) is 17.7 Å². The van der Waals surface area contributed by atoms with Crippen LogP contribution in [0.1, 0.15) is 16.5 Å². The van der Waals surface area contributed by atoms with Gasteiger partial charge in [-0.1, -0.05) is 0 Å². The Kier molecular flexibility index (Phi) is 5.34. The molecule has 112 valence electrons. The number of nitro benzene ring substituents is 1. The minimum atomic E-state index is -0.955. The van der Waals surface area contributed by atoms with Crippen LogP contribution in [-0.4, -0.2) is 32.8 Å². The van der Waals surface area contributed by atoms with Gasteiger partial charge in [0, 0.05) is 29.8 Å². The number of benzene rings is 1. The summed E-state index contributed by atoms with van der Waals surface area (Å²) in [4.78, 5) is 15.0. The van der Waals surface area contributed by atoms with Crippen LogP contribution in [0.15, 0.2) is 36.0 Å². The molecule has 1 heterocycles. The number of non-ortho nitro benzene ring substituents is 1. The maximum atomic E-state index is 10.6. The number of hydrogen-bond acceptors (Lipinski definition) is 7. The lowest BCUT2D eigenvalue weighted by molar-refractivity contribution is -0.384. The van der Waals surface area contributed by atoms with Crippen molar-refractivity contribution >= 4 is 17.0 Å². The van der Waals surface area contributed by atoms with Gasteiger partial charge in [0.1, 0.15) is 0 Å². The van der Waals surface area contributed by atoms with Gasteiger partial charge in [-0.3, -0.25) is 15.1 Å². The van der Waals surface area contributed by atoms with Crippen LogP contribution in [0.4, 0.5) is 5.69 Å². The molecular formula is C13H15N3O4S. The van der Waals surface area contributed by atoms with Crippen molar-refractivity contribution in [1.29, 1.82) is 0 Å². The fourth-order valence-corrected chi connectivity index (χ4v) is 2.41. The topological polar surface area (TPSA) is 109 Å². The number of aliphatic hydroxyl groups is 2. The zero-order valence-corrected chi connectivity index (χ0v) is 11.9. The summed E-state index contributed by atoms with van der Waals surface area (Å²) in [6.45, 7) is 0.233. The fourth-order valence-electron chi connectivity index (χ4n) is 1.86. The Hall–Kier alpha value is -1.87. The van der Waals surface area contributed by atoms with E-state index in [4.69, 9.17) is 0 Å². The van der Waals surface area contributed by atoms with Crippen molar-refractivity contribution in [2.45, 2.75) is 18.7 Å². The van der Waals surface area contributed by atoms with Crippen LogP contribution in [-0.2, 0) is 6.54 Å². The Morgan fingerprint density at radius 2 is 2.10 bits per heavy atom. The molecule has 1 aromatic heterocycles. The number of aliphatic hydroxyl groups excluding tert-OH is 2. The normalized spacial score (nSPS) is 13.8. The van der Waals surface area contributed by atoms with E-state index in [-0.39, 0.29) is 12.3 Å². The summed E-state index contributed by atoms with van der Waals surface area (Å²) < 4.78 is 0. The van der Waals surface area contributed by atoms with Gasteiger partial charge < -0.3 is 15.5 Å². The molecule has 0 radical (unpaired) electrons. The summed E-state index contributed by atoms with van der Waals surface area (Å²) in [6, 6.07) is 5.07. The Labute approximate surface area is 125 Å². The van der Waals surface area contributed by atoms with Gasteiger partial charge in [0.05, 0.1) is 29.2 Å². The molecule has 2 unspecified atom stereocenters. The zero-order chi connectivity index (χ0) is 15.2. The van der Waals surface area contributed by atoms with Crippen molar-refractivity contribution in [3.05, 3.63) is 56.5 Å². The fraction of sp³-hybridized carbons (Fsp3) is 0.308. The van der Waals surface area contributed by atoms with E-state index in [0.29, 0.717) is 12.1 Å². The predicted octanol–water partition coefficient (Wildman–Crippen LogP) is 1.24. The molecule has 0 aliphatic heterocycles.